The van der Waals surface area contributed by atoms with Gasteiger partial charge >= 0.3 is 11.9 Å². The summed E-state index contributed by atoms with van der Waals surface area (Å²) in [6.07, 6.45) is -2.24. The molecule has 4 rings (SSSR count). The minimum absolute atomic E-state index is 0.0551. The van der Waals surface area contributed by atoms with E-state index in [0.29, 0.717) is 29.1 Å². The highest BCUT2D eigenvalue weighted by Crippen LogP contribution is 2.44. The van der Waals surface area contributed by atoms with Crippen LogP contribution in [0.15, 0.2) is 18.5 Å². The lowest BCUT2D eigenvalue weighted by Crippen LogP contribution is -2.22. The maximum absolute atomic E-state index is 13.7. The van der Waals surface area contributed by atoms with Gasteiger partial charge in [-0.15, -0.1) is 11.3 Å². The lowest BCUT2D eigenvalue weighted by Gasteiger charge is -2.12. The van der Waals surface area contributed by atoms with Gasteiger partial charge in [-0.3, -0.25) is 29.1 Å². The zero-order valence-electron chi connectivity index (χ0n) is 19.6. The van der Waals surface area contributed by atoms with E-state index in [9.17, 15) is 32.9 Å². The maximum atomic E-state index is 13.7. The van der Waals surface area contributed by atoms with Gasteiger partial charge in [-0.25, -0.2) is 4.98 Å². The molecule has 0 fully saturated rings. The summed E-state index contributed by atoms with van der Waals surface area (Å²) in [5.74, 6) is -1.72. The maximum Gasteiger partial charge on any atom is 0.433 e. The highest BCUT2D eigenvalue weighted by Gasteiger charge is 2.35. The first-order valence-corrected chi connectivity index (χ1v) is 11.5. The van der Waals surface area contributed by atoms with E-state index in [1.54, 1.807) is 13.1 Å². The fourth-order valence-corrected chi connectivity index (χ4v) is 4.79. The SMILES string of the molecule is CCn1cc(-c2cc(C(F)(F)F)nc3sc(C(N)=O)c(NC(=O)Cn4ncc([N+](=O)[O-])c4C)c23)c(C)n1. The number of amides is 2. The van der Waals surface area contributed by atoms with Gasteiger partial charge in [-0.2, -0.15) is 23.4 Å². The minimum Gasteiger partial charge on any atom is -0.365 e. The van der Waals surface area contributed by atoms with Crippen LogP contribution >= 0.6 is 11.3 Å². The fraction of sp³-hybridized carbons (Fsp3) is 0.286. The number of aromatic nitrogens is 5. The van der Waals surface area contributed by atoms with Gasteiger partial charge in [0, 0.05) is 23.7 Å². The largest absolute Gasteiger partial charge is 0.433 e. The van der Waals surface area contributed by atoms with Gasteiger partial charge in [0.25, 0.3) is 5.91 Å². The summed E-state index contributed by atoms with van der Waals surface area (Å²) >= 11 is 0.610. The monoisotopic (exact) mass is 536 g/mol. The highest BCUT2D eigenvalue weighted by molar-refractivity contribution is 7.21. The van der Waals surface area contributed by atoms with Gasteiger partial charge in [-0.05, 0) is 32.4 Å². The molecule has 4 aromatic rings. The van der Waals surface area contributed by atoms with E-state index in [1.165, 1.54) is 11.6 Å². The standard InChI is InChI=1S/C21H19F3N8O4S/c1-4-30-7-12(9(2)29-30)11-5-14(21(22,23)24)27-20-16(11)17(18(37-20)19(25)34)28-15(33)8-31-10(3)13(6-26-31)32(35)36/h5-7H,4,8H2,1-3H3,(H2,25,34)(H,28,33). The summed E-state index contributed by atoms with van der Waals surface area (Å²) < 4.78 is 43.7. The number of nitrogens with one attached hydrogen (secondary N) is 1. The number of carbonyl (C=O) groups excluding carboxylic acids is 2. The number of nitro groups is 1. The Morgan fingerprint density at radius 2 is 1.97 bits per heavy atom. The lowest BCUT2D eigenvalue weighted by atomic mass is 10.0. The first-order valence-electron chi connectivity index (χ1n) is 10.7. The van der Waals surface area contributed by atoms with Crippen LogP contribution in [0.3, 0.4) is 0 Å². The number of primary amides is 1. The summed E-state index contributed by atoms with van der Waals surface area (Å²) in [4.78, 5) is 38.9. The molecule has 0 unspecified atom stereocenters. The molecule has 0 aromatic carbocycles. The molecule has 0 aliphatic heterocycles. The third-order valence-corrected chi connectivity index (χ3v) is 6.67. The normalized spacial score (nSPS) is 11.7. The molecule has 16 heteroatoms. The molecule has 0 aliphatic rings. The molecule has 4 heterocycles. The number of alkyl halides is 3. The van der Waals surface area contributed by atoms with Crippen molar-refractivity contribution in [1.82, 2.24) is 24.5 Å². The molecule has 194 valence electrons. The number of pyridine rings is 1. The van der Waals surface area contributed by atoms with Crippen molar-refractivity contribution in [2.45, 2.75) is 40.0 Å². The van der Waals surface area contributed by atoms with Crippen LogP contribution in [0, 0.1) is 24.0 Å². The van der Waals surface area contributed by atoms with E-state index in [2.05, 4.69) is 20.5 Å². The van der Waals surface area contributed by atoms with E-state index < -0.39 is 35.2 Å². The second-order valence-electron chi connectivity index (χ2n) is 7.97. The third kappa shape index (κ3) is 4.74. The van der Waals surface area contributed by atoms with E-state index in [1.807, 2.05) is 6.92 Å². The fourth-order valence-electron chi connectivity index (χ4n) is 3.78. The van der Waals surface area contributed by atoms with E-state index in [0.717, 1.165) is 16.9 Å². The van der Waals surface area contributed by atoms with Crippen LogP contribution in [0.25, 0.3) is 21.3 Å². The number of rotatable bonds is 7. The second-order valence-corrected chi connectivity index (χ2v) is 8.96. The number of thiophene rings is 1. The number of fused-ring (bicyclic) bond motifs is 1. The molecule has 0 spiro atoms. The van der Waals surface area contributed by atoms with Crippen LogP contribution in [0.1, 0.15) is 33.7 Å². The van der Waals surface area contributed by atoms with Crippen molar-refractivity contribution in [2.75, 3.05) is 5.32 Å². The number of anilines is 1. The predicted octanol–water partition coefficient (Wildman–Crippen LogP) is 3.66. The Hall–Kier alpha value is -4.34. The number of carbonyl (C=O) groups is 2. The van der Waals surface area contributed by atoms with Crippen molar-refractivity contribution in [2.24, 2.45) is 5.73 Å². The Balaban J connectivity index is 1.89. The average molecular weight is 536 g/mol. The molecule has 4 aromatic heterocycles. The van der Waals surface area contributed by atoms with Crippen molar-refractivity contribution in [3.05, 3.63) is 50.5 Å². The summed E-state index contributed by atoms with van der Waals surface area (Å²) in [6.45, 7) is 4.82. The molecule has 3 N–H and O–H groups in total. The Bertz CT molecular complexity index is 1570. The van der Waals surface area contributed by atoms with Crippen LogP contribution in [0.2, 0.25) is 0 Å². The average Bonchev–Trinajstić information content (AvgIpc) is 3.48. The molecule has 37 heavy (non-hydrogen) atoms. The molecule has 0 aliphatic carbocycles. The van der Waals surface area contributed by atoms with Gasteiger partial charge in [-0.1, -0.05) is 0 Å². The Morgan fingerprint density at radius 1 is 1.27 bits per heavy atom. The molecule has 12 nitrogen and oxygen atoms in total. The number of halogens is 3. The Kier molecular flexibility index (Phi) is 6.45. The van der Waals surface area contributed by atoms with Gasteiger partial charge in [0.05, 0.1) is 16.3 Å². The minimum atomic E-state index is -4.79. The van der Waals surface area contributed by atoms with Crippen molar-refractivity contribution >= 4 is 44.7 Å². The molecule has 0 radical (unpaired) electrons. The molecular formula is C21H19F3N8O4S. The van der Waals surface area contributed by atoms with Crippen LogP contribution in [0.4, 0.5) is 24.5 Å². The van der Waals surface area contributed by atoms with Crippen molar-refractivity contribution in [1.29, 1.82) is 0 Å². The Labute approximate surface area is 210 Å². The predicted molar refractivity (Wildman–Crippen MR) is 127 cm³/mol. The van der Waals surface area contributed by atoms with Crippen LogP contribution in [-0.4, -0.2) is 41.3 Å². The first kappa shape index (κ1) is 25.7. The van der Waals surface area contributed by atoms with Crippen molar-refractivity contribution in [3.8, 4) is 11.1 Å². The molecule has 2 amide bonds. The molecule has 0 atom stereocenters. The zero-order chi connectivity index (χ0) is 27.2. The van der Waals surface area contributed by atoms with Crippen molar-refractivity contribution in [3.63, 3.8) is 0 Å². The van der Waals surface area contributed by atoms with Crippen molar-refractivity contribution < 1.29 is 27.7 Å². The summed E-state index contributed by atoms with van der Waals surface area (Å²) in [7, 11) is 0. The van der Waals surface area contributed by atoms with Crippen LogP contribution in [-0.2, 0) is 24.1 Å². The second kappa shape index (κ2) is 9.27. The number of hydrogen-bond acceptors (Lipinski definition) is 8. The molecule has 0 saturated carbocycles. The van der Waals surface area contributed by atoms with Gasteiger partial charge in [0.15, 0.2) is 0 Å². The van der Waals surface area contributed by atoms with Gasteiger partial charge in [0.1, 0.15) is 33.8 Å². The molecule has 0 bridgehead atoms. The summed E-state index contributed by atoms with van der Waals surface area (Å²) in [5, 5.41) is 21.8. The highest BCUT2D eigenvalue weighted by atomic mass is 32.1. The van der Waals surface area contributed by atoms with E-state index in [-0.39, 0.29) is 37.7 Å². The van der Waals surface area contributed by atoms with E-state index in [4.69, 9.17) is 5.73 Å². The number of hydrogen-bond donors (Lipinski definition) is 2. The summed E-state index contributed by atoms with van der Waals surface area (Å²) in [6, 6.07) is 0.834. The lowest BCUT2D eigenvalue weighted by molar-refractivity contribution is -0.385. The number of nitrogens with two attached hydrogens (primary N) is 1. The third-order valence-electron chi connectivity index (χ3n) is 5.57. The first-order chi connectivity index (χ1) is 17.3. The topological polar surface area (TPSA) is 164 Å². The van der Waals surface area contributed by atoms with Crippen LogP contribution in [0.5, 0.6) is 0 Å². The summed E-state index contributed by atoms with van der Waals surface area (Å²) in [5.41, 5.74) is 4.85. The Morgan fingerprint density at radius 3 is 2.51 bits per heavy atom. The molecular weight excluding hydrogens is 517 g/mol. The van der Waals surface area contributed by atoms with Gasteiger partial charge in [0.2, 0.25) is 5.91 Å². The van der Waals surface area contributed by atoms with Crippen LogP contribution < -0.4 is 11.1 Å². The number of nitrogens with zero attached hydrogens (tertiary/aromatic N) is 6. The van der Waals surface area contributed by atoms with Gasteiger partial charge < -0.3 is 11.1 Å². The zero-order valence-corrected chi connectivity index (χ0v) is 20.4. The molecule has 0 saturated heterocycles. The quantitative estimate of drug-likeness (QED) is 0.269. The van der Waals surface area contributed by atoms with E-state index >= 15 is 0 Å². The number of aryl methyl sites for hydroxylation is 2. The smallest absolute Gasteiger partial charge is 0.365 e.